The molecular formula is C12H9N5O. The molecule has 3 aromatic rings. The van der Waals surface area contributed by atoms with Crippen molar-refractivity contribution >= 4 is 16.8 Å². The number of para-hydroxylation sites is 1. The average molecular weight is 239 g/mol. The maximum absolute atomic E-state index is 11.3. The number of nitrogens with zero attached hydrogens (tertiary/aromatic N) is 3. The summed E-state index contributed by atoms with van der Waals surface area (Å²) in [7, 11) is 0. The lowest BCUT2D eigenvalue weighted by atomic mass is 10.1. The van der Waals surface area contributed by atoms with E-state index in [1.54, 1.807) is 6.20 Å². The lowest BCUT2D eigenvalue weighted by molar-refractivity contribution is 0.0996. The molecule has 0 saturated heterocycles. The molecule has 0 unspecified atom stereocenters. The van der Waals surface area contributed by atoms with Gasteiger partial charge in [-0.15, -0.1) is 0 Å². The van der Waals surface area contributed by atoms with E-state index in [0.29, 0.717) is 5.69 Å². The van der Waals surface area contributed by atoms with Gasteiger partial charge in [0.2, 0.25) is 0 Å². The highest BCUT2D eigenvalue weighted by Gasteiger charge is 2.17. The summed E-state index contributed by atoms with van der Waals surface area (Å²) >= 11 is 0. The van der Waals surface area contributed by atoms with Crippen LogP contribution in [0.2, 0.25) is 0 Å². The third kappa shape index (κ3) is 1.51. The van der Waals surface area contributed by atoms with E-state index in [2.05, 4.69) is 20.4 Å². The van der Waals surface area contributed by atoms with Crippen molar-refractivity contribution in [1.29, 1.82) is 0 Å². The van der Waals surface area contributed by atoms with Gasteiger partial charge < -0.3 is 5.73 Å². The zero-order valence-corrected chi connectivity index (χ0v) is 9.29. The molecule has 0 saturated carbocycles. The molecule has 88 valence electrons. The number of nitrogens with two attached hydrogens (primary N) is 1. The SMILES string of the molecule is NC(=O)c1n[nH]nc1-c1cccc2cccnc12. The number of pyridine rings is 1. The van der Waals surface area contributed by atoms with Gasteiger partial charge in [-0.05, 0) is 6.07 Å². The topological polar surface area (TPSA) is 97.6 Å². The highest BCUT2D eigenvalue weighted by molar-refractivity contribution is 6.01. The number of amides is 1. The van der Waals surface area contributed by atoms with Crippen molar-refractivity contribution in [2.75, 3.05) is 0 Å². The van der Waals surface area contributed by atoms with Gasteiger partial charge in [0.1, 0.15) is 5.69 Å². The third-order valence-corrected chi connectivity index (χ3v) is 2.67. The van der Waals surface area contributed by atoms with Gasteiger partial charge in [-0.25, -0.2) is 0 Å². The highest BCUT2D eigenvalue weighted by atomic mass is 16.1. The Hall–Kier alpha value is -2.76. The molecule has 0 atom stereocenters. The fourth-order valence-electron chi connectivity index (χ4n) is 1.89. The molecule has 1 amide bonds. The normalized spacial score (nSPS) is 10.7. The van der Waals surface area contributed by atoms with E-state index < -0.39 is 5.91 Å². The predicted octanol–water partition coefficient (Wildman–Crippen LogP) is 1.12. The Morgan fingerprint density at radius 2 is 2.00 bits per heavy atom. The standard InChI is InChI=1S/C12H9N5O/c13-12(18)11-10(15-17-16-11)8-5-1-3-7-4-2-6-14-9(7)8/h1-6H,(H2,13,18)(H,15,16,17). The van der Waals surface area contributed by atoms with Gasteiger partial charge in [-0.2, -0.15) is 15.4 Å². The first-order valence-electron chi connectivity index (χ1n) is 5.32. The molecular weight excluding hydrogens is 230 g/mol. The first-order valence-corrected chi connectivity index (χ1v) is 5.32. The molecule has 0 bridgehead atoms. The van der Waals surface area contributed by atoms with Gasteiger partial charge in [0, 0.05) is 17.1 Å². The molecule has 3 N–H and O–H groups in total. The summed E-state index contributed by atoms with van der Waals surface area (Å²) in [5, 5.41) is 11.1. The molecule has 2 heterocycles. The number of carbonyl (C=O) groups is 1. The van der Waals surface area contributed by atoms with Gasteiger partial charge in [0.05, 0.1) is 5.52 Å². The Morgan fingerprint density at radius 1 is 1.17 bits per heavy atom. The number of hydrogen-bond donors (Lipinski definition) is 2. The number of aromatic nitrogens is 4. The van der Waals surface area contributed by atoms with Crippen molar-refractivity contribution in [1.82, 2.24) is 20.4 Å². The van der Waals surface area contributed by atoms with Gasteiger partial charge in [-0.3, -0.25) is 9.78 Å². The molecule has 0 radical (unpaired) electrons. The molecule has 1 aromatic carbocycles. The zero-order valence-electron chi connectivity index (χ0n) is 9.29. The first kappa shape index (κ1) is 10.4. The minimum atomic E-state index is -0.619. The zero-order chi connectivity index (χ0) is 12.5. The molecule has 0 aliphatic rings. The Bertz CT molecular complexity index is 729. The molecule has 6 heteroatoms. The van der Waals surface area contributed by atoms with Crippen LogP contribution in [0.4, 0.5) is 0 Å². The van der Waals surface area contributed by atoms with Crippen molar-refractivity contribution < 1.29 is 4.79 Å². The smallest absolute Gasteiger partial charge is 0.271 e. The van der Waals surface area contributed by atoms with Crippen LogP contribution in [0.15, 0.2) is 36.5 Å². The number of nitrogens with one attached hydrogen (secondary N) is 1. The lowest BCUT2D eigenvalue weighted by Crippen LogP contribution is -2.12. The lowest BCUT2D eigenvalue weighted by Gasteiger charge is -2.03. The van der Waals surface area contributed by atoms with Crippen LogP contribution >= 0.6 is 0 Å². The number of benzene rings is 1. The van der Waals surface area contributed by atoms with E-state index in [4.69, 9.17) is 5.73 Å². The number of primary amides is 1. The predicted molar refractivity (Wildman–Crippen MR) is 65.6 cm³/mol. The van der Waals surface area contributed by atoms with Crippen LogP contribution < -0.4 is 5.73 Å². The van der Waals surface area contributed by atoms with Crippen LogP contribution in [0.25, 0.3) is 22.2 Å². The molecule has 2 aromatic heterocycles. The van der Waals surface area contributed by atoms with E-state index in [0.717, 1.165) is 16.5 Å². The second-order valence-electron chi connectivity index (χ2n) is 3.77. The second-order valence-corrected chi connectivity index (χ2v) is 3.77. The van der Waals surface area contributed by atoms with E-state index in [-0.39, 0.29) is 5.69 Å². The minimum absolute atomic E-state index is 0.119. The van der Waals surface area contributed by atoms with Crippen LogP contribution in [0.3, 0.4) is 0 Å². The average Bonchev–Trinajstić information content (AvgIpc) is 2.87. The van der Waals surface area contributed by atoms with E-state index in [9.17, 15) is 4.79 Å². The minimum Gasteiger partial charge on any atom is -0.364 e. The Morgan fingerprint density at radius 3 is 2.83 bits per heavy atom. The molecule has 6 nitrogen and oxygen atoms in total. The Balaban J connectivity index is 2.32. The maximum Gasteiger partial charge on any atom is 0.271 e. The summed E-state index contributed by atoms with van der Waals surface area (Å²) in [6, 6.07) is 9.44. The number of rotatable bonds is 2. The summed E-state index contributed by atoms with van der Waals surface area (Å²) in [4.78, 5) is 15.6. The number of aromatic amines is 1. The number of hydrogen-bond acceptors (Lipinski definition) is 4. The van der Waals surface area contributed by atoms with Crippen molar-refractivity contribution in [2.24, 2.45) is 5.73 Å². The summed E-state index contributed by atoms with van der Waals surface area (Å²) < 4.78 is 0. The maximum atomic E-state index is 11.3. The molecule has 3 rings (SSSR count). The number of H-pyrrole nitrogens is 1. The third-order valence-electron chi connectivity index (χ3n) is 2.67. The van der Waals surface area contributed by atoms with Gasteiger partial charge >= 0.3 is 0 Å². The first-order chi connectivity index (χ1) is 8.77. The Labute approximate surface area is 102 Å². The van der Waals surface area contributed by atoms with Crippen LogP contribution in [-0.2, 0) is 0 Å². The monoisotopic (exact) mass is 239 g/mol. The number of carbonyl (C=O) groups excluding carboxylic acids is 1. The van der Waals surface area contributed by atoms with E-state index in [1.807, 2.05) is 30.3 Å². The van der Waals surface area contributed by atoms with Crippen LogP contribution in [-0.4, -0.2) is 26.3 Å². The van der Waals surface area contributed by atoms with Crippen LogP contribution in [0, 0.1) is 0 Å². The molecule has 0 aliphatic heterocycles. The van der Waals surface area contributed by atoms with Gasteiger partial charge in [-0.1, -0.05) is 24.3 Å². The summed E-state index contributed by atoms with van der Waals surface area (Å²) in [6.45, 7) is 0. The molecule has 0 spiro atoms. The molecule has 0 fully saturated rings. The fraction of sp³-hybridized carbons (Fsp3) is 0. The largest absolute Gasteiger partial charge is 0.364 e. The summed E-state index contributed by atoms with van der Waals surface area (Å²) in [5.74, 6) is -0.619. The van der Waals surface area contributed by atoms with Crippen molar-refractivity contribution in [2.45, 2.75) is 0 Å². The molecule has 18 heavy (non-hydrogen) atoms. The van der Waals surface area contributed by atoms with Crippen molar-refractivity contribution in [3.63, 3.8) is 0 Å². The van der Waals surface area contributed by atoms with Gasteiger partial charge in [0.15, 0.2) is 5.69 Å². The summed E-state index contributed by atoms with van der Waals surface area (Å²) in [5.41, 5.74) is 7.29. The second kappa shape index (κ2) is 3.92. The molecule has 0 aliphatic carbocycles. The fourth-order valence-corrected chi connectivity index (χ4v) is 1.89. The van der Waals surface area contributed by atoms with Crippen LogP contribution in [0.1, 0.15) is 10.5 Å². The Kier molecular flexibility index (Phi) is 2.26. The van der Waals surface area contributed by atoms with Crippen molar-refractivity contribution in [3.8, 4) is 11.3 Å². The van der Waals surface area contributed by atoms with E-state index >= 15 is 0 Å². The van der Waals surface area contributed by atoms with Crippen molar-refractivity contribution in [3.05, 3.63) is 42.2 Å². The number of fused-ring (bicyclic) bond motifs is 1. The highest BCUT2D eigenvalue weighted by Crippen LogP contribution is 2.26. The van der Waals surface area contributed by atoms with Gasteiger partial charge in [0.25, 0.3) is 5.91 Å². The quantitative estimate of drug-likeness (QED) is 0.700. The van der Waals surface area contributed by atoms with E-state index in [1.165, 1.54) is 0 Å². The van der Waals surface area contributed by atoms with Crippen LogP contribution in [0.5, 0.6) is 0 Å². The summed E-state index contributed by atoms with van der Waals surface area (Å²) in [6.07, 6.45) is 1.69.